The Morgan fingerprint density at radius 1 is 1.24 bits per heavy atom. The molecule has 2 rings (SSSR count). The van der Waals surface area contributed by atoms with Crippen molar-refractivity contribution in [3.8, 4) is 5.75 Å². The van der Waals surface area contributed by atoms with Crippen LogP contribution in [0.2, 0.25) is 0 Å². The van der Waals surface area contributed by atoms with Crippen LogP contribution < -0.4 is 4.74 Å². The van der Waals surface area contributed by atoms with E-state index >= 15 is 0 Å². The Bertz CT molecular complexity index is 361. The molecule has 0 aromatic heterocycles. The Balaban J connectivity index is 1.79. The Morgan fingerprint density at radius 2 is 2.00 bits per heavy atom. The zero-order valence-electron chi connectivity index (χ0n) is 10.4. The summed E-state index contributed by atoms with van der Waals surface area (Å²) in [6.45, 7) is 6.40. The summed E-state index contributed by atoms with van der Waals surface area (Å²) in [4.78, 5) is 2.50. The summed E-state index contributed by atoms with van der Waals surface area (Å²) in [6.07, 6.45) is 4.08. The van der Waals surface area contributed by atoms with Crippen LogP contribution in [0.5, 0.6) is 5.75 Å². The van der Waals surface area contributed by atoms with Crippen molar-refractivity contribution in [3.05, 3.63) is 28.2 Å². The molecule has 1 aliphatic heterocycles. The second kappa shape index (κ2) is 6.41. The quantitative estimate of drug-likeness (QED) is 0.842. The van der Waals surface area contributed by atoms with Gasteiger partial charge in [0.05, 0.1) is 0 Å². The maximum Gasteiger partial charge on any atom is 0.123 e. The van der Waals surface area contributed by atoms with Crippen molar-refractivity contribution in [1.29, 1.82) is 0 Å². The molecular weight excluding hydrogens is 278 g/mol. The average Bonchev–Trinajstić information content (AvgIpc) is 2.35. The summed E-state index contributed by atoms with van der Waals surface area (Å²) in [5.41, 5.74) is 1.20. The summed E-state index contributed by atoms with van der Waals surface area (Å²) in [7, 11) is 0. The van der Waals surface area contributed by atoms with Crippen LogP contribution in [-0.2, 0) is 0 Å². The summed E-state index contributed by atoms with van der Waals surface area (Å²) in [5, 5.41) is 0. The third kappa shape index (κ3) is 4.00. The second-order valence-electron chi connectivity index (χ2n) is 4.66. The van der Waals surface area contributed by atoms with E-state index in [0.29, 0.717) is 0 Å². The molecule has 0 N–H and O–H groups in total. The second-order valence-corrected chi connectivity index (χ2v) is 5.58. The molecule has 3 heteroatoms. The van der Waals surface area contributed by atoms with Gasteiger partial charge in [-0.15, -0.1) is 0 Å². The summed E-state index contributed by atoms with van der Waals surface area (Å²) in [5.74, 6) is 0.997. The highest BCUT2D eigenvalue weighted by molar-refractivity contribution is 9.10. The highest BCUT2D eigenvalue weighted by Crippen LogP contribution is 2.22. The van der Waals surface area contributed by atoms with Crippen LogP contribution in [0, 0.1) is 6.92 Å². The number of aryl methyl sites for hydroxylation is 1. The van der Waals surface area contributed by atoms with Gasteiger partial charge in [-0.2, -0.15) is 0 Å². The number of nitrogens with zero attached hydrogens (tertiary/aromatic N) is 1. The molecule has 0 spiro atoms. The van der Waals surface area contributed by atoms with Crippen LogP contribution in [-0.4, -0.2) is 31.1 Å². The van der Waals surface area contributed by atoms with Gasteiger partial charge in [-0.05, 0) is 50.6 Å². The summed E-state index contributed by atoms with van der Waals surface area (Å²) < 4.78 is 6.93. The van der Waals surface area contributed by atoms with Gasteiger partial charge in [0.25, 0.3) is 0 Å². The van der Waals surface area contributed by atoms with Gasteiger partial charge in [0, 0.05) is 11.0 Å². The lowest BCUT2D eigenvalue weighted by Crippen LogP contribution is -2.33. The van der Waals surface area contributed by atoms with Crippen molar-refractivity contribution in [3.63, 3.8) is 0 Å². The summed E-state index contributed by atoms with van der Waals surface area (Å²) in [6, 6.07) is 6.18. The SMILES string of the molecule is Cc1ccc(Br)cc1OCCN1CCCCC1. The molecule has 1 heterocycles. The molecule has 1 aromatic carbocycles. The lowest BCUT2D eigenvalue weighted by atomic mass is 10.1. The van der Waals surface area contributed by atoms with Gasteiger partial charge in [0.2, 0.25) is 0 Å². The van der Waals surface area contributed by atoms with E-state index in [1.54, 1.807) is 0 Å². The first kappa shape index (κ1) is 12.9. The number of ether oxygens (including phenoxy) is 1. The fourth-order valence-corrected chi connectivity index (χ4v) is 2.54. The molecule has 0 saturated carbocycles. The van der Waals surface area contributed by atoms with Gasteiger partial charge in [0.1, 0.15) is 12.4 Å². The first-order chi connectivity index (χ1) is 8.25. The summed E-state index contributed by atoms with van der Waals surface area (Å²) >= 11 is 3.47. The van der Waals surface area contributed by atoms with E-state index < -0.39 is 0 Å². The van der Waals surface area contributed by atoms with Crippen molar-refractivity contribution < 1.29 is 4.74 Å². The molecule has 0 unspecified atom stereocenters. The number of halogens is 1. The fourth-order valence-electron chi connectivity index (χ4n) is 2.20. The number of hydrogen-bond acceptors (Lipinski definition) is 2. The van der Waals surface area contributed by atoms with E-state index in [1.807, 2.05) is 12.1 Å². The average molecular weight is 298 g/mol. The smallest absolute Gasteiger partial charge is 0.123 e. The van der Waals surface area contributed by atoms with E-state index in [0.717, 1.165) is 23.4 Å². The van der Waals surface area contributed by atoms with Gasteiger partial charge < -0.3 is 4.74 Å². The lowest BCUT2D eigenvalue weighted by molar-refractivity contribution is 0.183. The Morgan fingerprint density at radius 3 is 2.76 bits per heavy atom. The standard InChI is InChI=1S/C14H20BrNO/c1-12-5-6-13(15)11-14(12)17-10-9-16-7-3-2-4-8-16/h5-6,11H,2-4,7-10H2,1H3. The number of rotatable bonds is 4. The Kier molecular flexibility index (Phi) is 4.86. The first-order valence-corrected chi connectivity index (χ1v) is 7.16. The van der Waals surface area contributed by atoms with Gasteiger partial charge in [-0.25, -0.2) is 0 Å². The van der Waals surface area contributed by atoms with Gasteiger partial charge in [-0.1, -0.05) is 28.4 Å². The van der Waals surface area contributed by atoms with Crippen LogP contribution in [0.3, 0.4) is 0 Å². The maximum absolute atomic E-state index is 5.85. The molecule has 2 nitrogen and oxygen atoms in total. The minimum Gasteiger partial charge on any atom is -0.492 e. The predicted molar refractivity (Wildman–Crippen MR) is 74.7 cm³/mol. The third-order valence-electron chi connectivity index (χ3n) is 3.26. The maximum atomic E-state index is 5.85. The highest BCUT2D eigenvalue weighted by atomic mass is 79.9. The normalized spacial score (nSPS) is 17.1. The molecule has 0 atom stereocenters. The van der Waals surface area contributed by atoms with Crippen molar-refractivity contribution in [2.75, 3.05) is 26.2 Å². The van der Waals surface area contributed by atoms with E-state index in [9.17, 15) is 0 Å². The molecule has 1 aromatic rings. The minimum absolute atomic E-state index is 0.789. The van der Waals surface area contributed by atoms with Crippen molar-refractivity contribution in [2.24, 2.45) is 0 Å². The van der Waals surface area contributed by atoms with E-state index in [-0.39, 0.29) is 0 Å². The molecule has 1 fully saturated rings. The predicted octanol–water partition coefficient (Wildman–Crippen LogP) is 3.62. The first-order valence-electron chi connectivity index (χ1n) is 6.37. The molecule has 94 valence electrons. The van der Waals surface area contributed by atoms with Crippen molar-refractivity contribution in [1.82, 2.24) is 4.90 Å². The fraction of sp³-hybridized carbons (Fsp3) is 0.571. The molecular formula is C14H20BrNO. The lowest BCUT2D eigenvalue weighted by Gasteiger charge is -2.26. The van der Waals surface area contributed by atoms with Gasteiger partial charge >= 0.3 is 0 Å². The monoisotopic (exact) mass is 297 g/mol. The van der Waals surface area contributed by atoms with Crippen LogP contribution >= 0.6 is 15.9 Å². The van der Waals surface area contributed by atoms with Crippen LogP contribution in [0.15, 0.2) is 22.7 Å². The number of likely N-dealkylation sites (tertiary alicyclic amines) is 1. The van der Waals surface area contributed by atoms with Crippen LogP contribution in [0.1, 0.15) is 24.8 Å². The highest BCUT2D eigenvalue weighted by Gasteiger charge is 2.09. The van der Waals surface area contributed by atoms with E-state index in [1.165, 1.54) is 37.9 Å². The molecule has 1 saturated heterocycles. The molecule has 17 heavy (non-hydrogen) atoms. The third-order valence-corrected chi connectivity index (χ3v) is 3.76. The largest absolute Gasteiger partial charge is 0.492 e. The molecule has 1 aliphatic rings. The number of benzene rings is 1. The minimum atomic E-state index is 0.789. The molecule has 0 bridgehead atoms. The zero-order valence-corrected chi connectivity index (χ0v) is 12.0. The van der Waals surface area contributed by atoms with E-state index in [4.69, 9.17) is 4.74 Å². The topological polar surface area (TPSA) is 12.5 Å². The molecule has 0 aliphatic carbocycles. The zero-order chi connectivity index (χ0) is 12.1. The van der Waals surface area contributed by atoms with Crippen LogP contribution in [0.25, 0.3) is 0 Å². The molecule has 0 amide bonds. The number of piperidine rings is 1. The number of hydrogen-bond donors (Lipinski definition) is 0. The van der Waals surface area contributed by atoms with Gasteiger partial charge in [-0.3, -0.25) is 4.90 Å². The van der Waals surface area contributed by atoms with E-state index in [2.05, 4.69) is 33.8 Å². The molecule has 0 radical (unpaired) electrons. The van der Waals surface area contributed by atoms with Crippen LogP contribution in [0.4, 0.5) is 0 Å². The van der Waals surface area contributed by atoms with Gasteiger partial charge in [0.15, 0.2) is 0 Å². The Hall–Kier alpha value is -0.540. The van der Waals surface area contributed by atoms with Crippen molar-refractivity contribution >= 4 is 15.9 Å². The van der Waals surface area contributed by atoms with Crippen molar-refractivity contribution in [2.45, 2.75) is 26.2 Å². The Labute approximate surface area is 112 Å².